The van der Waals surface area contributed by atoms with Crippen LogP contribution in [0, 0.1) is 24.1 Å². The minimum atomic E-state index is -0.329. The van der Waals surface area contributed by atoms with E-state index < -0.39 is 0 Å². The highest BCUT2D eigenvalue weighted by Gasteiger charge is 2.19. The molecule has 1 fully saturated rings. The average Bonchev–Trinajstić information content (AvgIpc) is 2.40. The molecule has 4 heteroatoms. The molecule has 1 aliphatic heterocycles. The highest BCUT2D eigenvalue weighted by Crippen LogP contribution is 2.23. The Morgan fingerprint density at radius 2 is 1.86 bits per heavy atom. The minimum absolute atomic E-state index is 0.245. The predicted molar refractivity (Wildman–Crippen MR) is 89.1 cm³/mol. The lowest BCUT2D eigenvalue weighted by atomic mass is 10.0. The summed E-state index contributed by atoms with van der Waals surface area (Å²) in [7, 11) is 0. The first-order chi connectivity index (χ1) is 10.1. The minimum Gasteiger partial charge on any atom is -0.384 e. The number of halogens is 1. The van der Waals surface area contributed by atoms with Gasteiger partial charge in [-0.25, -0.2) is 4.39 Å². The summed E-state index contributed by atoms with van der Waals surface area (Å²) in [4.78, 5) is 0. The van der Waals surface area contributed by atoms with Crippen molar-refractivity contribution in [1.82, 2.24) is 0 Å². The van der Waals surface area contributed by atoms with Crippen LogP contribution < -0.4 is 5.32 Å². The largest absolute Gasteiger partial charge is 0.384 e. The van der Waals surface area contributed by atoms with Gasteiger partial charge < -0.3 is 15.5 Å². The Labute approximate surface area is 128 Å². The van der Waals surface area contributed by atoms with E-state index in [-0.39, 0.29) is 11.5 Å². The molecule has 0 atom stereocenters. The van der Waals surface area contributed by atoms with E-state index >= 15 is 0 Å². The molecule has 0 aliphatic carbocycles. The Balaban J connectivity index is 0.000000921. The second kappa shape index (κ2) is 10.3. The van der Waals surface area contributed by atoms with Gasteiger partial charge in [0.15, 0.2) is 0 Å². The van der Waals surface area contributed by atoms with E-state index in [9.17, 15) is 4.39 Å². The molecule has 120 valence electrons. The van der Waals surface area contributed by atoms with Crippen LogP contribution in [0.5, 0.6) is 0 Å². The fourth-order valence-corrected chi connectivity index (χ4v) is 1.92. The van der Waals surface area contributed by atoms with Crippen LogP contribution in [0.2, 0.25) is 0 Å². The standard InChI is InChI=1S/C13H17FN2O.2C2H6/c1-8-3-11(14)13(9(2)15)12(4-8)16-5-10-6-17-7-10;2*1-2/h3-4,10,15-16H,5-7H2,1-2H3;2*1-2H3. The predicted octanol–water partition coefficient (Wildman–Crippen LogP) is 4.63. The Kier molecular flexibility index (Phi) is 9.63. The number of hydrogen-bond acceptors (Lipinski definition) is 3. The fourth-order valence-electron chi connectivity index (χ4n) is 1.92. The van der Waals surface area contributed by atoms with Crippen LogP contribution in [0.25, 0.3) is 0 Å². The van der Waals surface area contributed by atoms with E-state index in [4.69, 9.17) is 10.1 Å². The quantitative estimate of drug-likeness (QED) is 0.795. The van der Waals surface area contributed by atoms with Gasteiger partial charge in [0.25, 0.3) is 0 Å². The van der Waals surface area contributed by atoms with E-state index in [1.807, 2.05) is 40.7 Å². The lowest BCUT2D eigenvalue weighted by Gasteiger charge is -2.27. The second-order valence-corrected chi connectivity index (χ2v) is 4.58. The average molecular weight is 296 g/mol. The zero-order valence-corrected chi connectivity index (χ0v) is 14.1. The van der Waals surface area contributed by atoms with Crippen LogP contribution in [0.15, 0.2) is 12.1 Å². The highest BCUT2D eigenvalue weighted by molar-refractivity contribution is 6.01. The number of nitrogens with one attached hydrogen (secondary N) is 2. The van der Waals surface area contributed by atoms with Gasteiger partial charge in [0.2, 0.25) is 0 Å². The number of ether oxygens (including phenoxy) is 1. The lowest BCUT2D eigenvalue weighted by Crippen LogP contribution is -2.33. The van der Waals surface area contributed by atoms with Gasteiger partial charge in [-0.15, -0.1) is 0 Å². The van der Waals surface area contributed by atoms with Crippen LogP contribution in [-0.4, -0.2) is 25.5 Å². The molecular formula is C17H29FN2O. The molecule has 2 rings (SSSR count). The van der Waals surface area contributed by atoms with Crippen LogP contribution in [0.4, 0.5) is 10.1 Å². The smallest absolute Gasteiger partial charge is 0.134 e. The molecule has 1 heterocycles. The van der Waals surface area contributed by atoms with Gasteiger partial charge in [-0.05, 0) is 31.5 Å². The zero-order valence-electron chi connectivity index (χ0n) is 14.1. The highest BCUT2D eigenvalue weighted by atomic mass is 19.1. The van der Waals surface area contributed by atoms with Gasteiger partial charge >= 0.3 is 0 Å². The van der Waals surface area contributed by atoms with Crippen LogP contribution >= 0.6 is 0 Å². The number of benzene rings is 1. The van der Waals surface area contributed by atoms with Crippen LogP contribution in [-0.2, 0) is 4.74 Å². The van der Waals surface area contributed by atoms with Crippen molar-refractivity contribution in [3.63, 3.8) is 0 Å². The monoisotopic (exact) mass is 296 g/mol. The summed E-state index contributed by atoms with van der Waals surface area (Å²) in [5, 5.41) is 10.8. The van der Waals surface area contributed by atoms with Crippen molar-refractivity contribution in [2.75, 3.05) is 25.1 Å². The molecule has 0 bridgehead atoms. The molecule has 1 saturated heterocycles. The SMILES string of the molecule is CC.CC.CC(=N)c1c(F)cc(C)cc1NCC1COC1. The lowest BCUT2D eigenvalue weighted by molar-refractivity contribution is -0.0248. The number of hydrogen-bond donors (Lipinski definition) is 2. The zero-order chi connectivity index (χ0) is 16.4. The summed E-state index contributed by atoms with van der Waals surface area (Å²) in [6.07, 6.45) is 0. The summed E-state index contributed by atoms with van der Waals surface area (Å²) in [6.45, 7) is 13.7. The number of rotatable bonds is 4. The summed E-state index contributed by atoms with van der Waals surface area (Å²) in [5.41, 5.74) is 2.19. The van der Waals surface area contributed by atoms with E-state index in [0.717, 1.165) is 25.3 Å². The molecule has 0 saturated carbocycles. The summed E-state index contributed by atoms with van der Waals surface area (Å²) in [5.74, 6) is 0.169. The third-order valence-electron chi connectivity index (χ3n) is 2.90. The Bertz CT molecular complexity index is 443. The van der Waals surface area contributed by atoms with Gasteiger partial charge in [-0.1, -0.05) is 27.7 Å². The third kappa shape index (κ3) is 5.84. The Morgan fingerprint density at radius 1 is 1.29 bits per heavy atom. The molecular weight excluding hydrogens is 267 g/mol. The van der Waals surface area contributed by atoms with Crippen molar-refractivity contribution in [3.05, 3.63) is 29.1 Å². The molecule has 1 aliphatic rings. The van der Waals surface area contributed by atoms with Gasteiger partial charge in [0.05, 0.1) is 18.8 Å². The summed E-state index contributed by atoms with van der Waals surface area (Å²) < 4.78 is 18.9. The third-order valence-corrected chi connectivity index (χ3v) is 2.90. The Morgan fingerprint density at radius 3 is 2.29 bits per heavy atom. The first-order valence-electron chi connectivity index (χ1n) is 7.75. The van der Waals surface area contributed by atoms with Crippen molar-refractivity contribution < 1.29 is 9.13 Å². The first-order valence-corrected chi connectivity index (χ1v) is 7.75. The molecule has 1 aromatic carbocycles. The molecule has 0 aromatic heterocycles. The molecule has 0 amide bonds. The Hall–Kier alpha value is -1.42. The summed E-state index contributed by atoms with van der Waals surface area (Å²) >= 11 is 0. The normalized spacial score (nSPS) is 13.1. The fraction of sp³-hybridized carbons (Fsp3) is 0.588. The van der Waals surface area contributed by atoms with E-state index in [1.54, 1.807) is 6.92 Å². The maximum atomic E-state index is 13.8. The molecule has 0 unspecified atom stereocenters. The van der Waals surface area contributed by atoms with Crippen molar-refractivity contribution >= 4 is 11.4 Å². The van der Waals surface area contributed by atoms with Crippen molar-refractivity contribution in [2.45, 2.75) is 41.5 Å². The molecule has 2 N–H and O–H groups in total. The molecule has 1 aromatic rings. The van der Waals surface area contributed by atoms with Crippen molar-refractivity contribution in [3.8, 4) is 0 Å². The topological polar surface area (TPSA) is 45.1 Å². The van der Waals surface area contributed by atoms with E-state index in [0.29, 0.717) is 17.2 Å². The van der Waals surface area contributed by atoms with Gasteiger partial charge in [0, 0.05) is 23.9 Å². The van der Waals surface area contributed by atoms with Crippen molar-refractivity contribution in [2.24, 2.45) is 5.92 Å². The van der Waals surface area contributed by atoms with E-state index in [1.165, 1.54) is 6.07 Å². The number of anilines is 1. The van der Waals surface area contributed by atoms with Crippen LogP contribution in [0.1, 0.15) is 45.7 Å². The van der Waals surface area contributed by atoms with E-state index in [2.05, 4.69) is 5.32 Å². The van der Waals surface area contributed by atoms with Gasteiger partial charge in [-0.3, -0.25) is 0 Å². The van der Waals surface area contributed by atoms with Crippen molar-refractivity contribution in [1.29, 1.82) is 5.41 Å². The summed E-state index contributed by atoms with van der Waals surface area (Å²) in [6, 6.07) is 3.35. The van der Waals surface area contributed by atoms with Gasteiger partial charge in [0.1, 0.15) is 5.82 Å². The maximum absolute atomic E-state index is 13.8. The first kappa shape index (κ1) is 19.6. The number of aryl methyl sites for hydroxylation is 1. The molecule has 21 heavy (non-hydrogen) atoms. The maximum Gasteiger partial charge on any atom is 0.134 e. The van der Waals surface area contributed by atoms with Crippen LogP contribution in [0.3, 0.4) is 0 Å². The molecule has 0 spiro atoms. The molecule has 3 nitrogen and oxygen atoms in total. The second-order valence-electron chi connectivity index (χ2n) is 4.58. The van der Waals surface area contributed by atoms with Gasteiger partial charge in [-0.2, -0.15) is 0 Å². The molecule has 0 radical (unpaired) electrons.